The molecule has 332 valence electrons. The van der Waals surface area contributed by atoms with Crippen molar-refractivity contribution in [1.29, 1.82) is 0 Å². The van der Waals surface area contributed by atoms with Crippen molar-refractivity contribution < 1.29 is 50.0 Å². The lowest BCUT2D eigenvalue weighted by molar-refractivity contribution is -0.401. The standard InChI is InChI=1S/C44H59N5O10S2/c1-8-9-14-23-49-36-17-13-12-16-32(36)43(2,3)38(49)27-31-40(46-34(28-60(54,55)56)42(53)45-21-24-47(6)22-15-10-11-18-39(50)51)30(41(31)52)26-37-44(4,5)33-25-29(61(57,58)59)19-20-35(33)48(37)7/h12-13,16-17,19-20,25-27,34H,8-11,14-15,18,21-24,28H2,1-7H3,(H4-,45,46,50,51,52,53,54,55,56,57,58,59)/p+1. The number of nitrogens with one attached hydrogen (secondary N) is 2. The lowest BCUT2D eigenvalue weighted by Crippen LogP contribution is -2.51. The average molecular weight is 883 g/mol. The topological polar surface area (TPSA) is 214 Å². The molecule has 0 spiro atoms. The second kappa shape index (κ2) is 18.7. The second-order valence-electron chi connectivity index (χ2n) is 17.2. The summed E-state index contributed by atoms with van der Waals surface area (Å²) in [5.41, 5.74) is 3.97. The van der Waals surface area contributed by atoms with Gasteiger partial charge >= 0.3 is 5.97 Å². The van der Waals surface area contributed by atoms with Crippen LogP contribution in [0.2, 0.25) is 0 Å². The van der Waals surface area contributed by atoms with E-state index in [2.05, 4.69) is 48.4 Å². The van der Waals surface area contributed by atoms with Crippen LogP contribution in [0.25, 0.3) is 0 Å². The van der Waals surface area contributed by atoms with Crippen LogP contribution in [-0.4, -0.2) is 116 Å². The van der Waals surface area contributed by atoms with E-state index in [1.165, 1.54) is 12.1 Å². The van der Waals surface area contributed by atoms with Gasteiger partial charge in [0, 0.05) is 66.1 Å². The minimum absolute atomic E-state index is 0.0989. The molecule has 0 saturated heterocycles. The molecule has 2 heterocycles. The Balaban J connectivity index is 1.55. The molecular formula is C44H60N5O10S2+. The third-order valence-corrected chi connectivity index (χ3v) is 13.5. The van der Waals surface area contributed by atoms with Crippen molar-refractivity contribution in [1.82, 2.24) is 15.5 Å². The van der Waals surface area contributed by atoms with Crippen LogP contribution in [0.5, 0.6) is 0 Å². The van der Waals surface area contributed by atoms with Crippen LogP contribution < -0.4 is 15.5 Å². The number of ketones is 1. The van der Waals surface area contributed by atoms with E-state index < -0.39 is 54.7 Å². The summed E-state index contributed by atoms with van der Waals surface area (Å²) in [5, 5.41) is 14.7. The van der Waals surface area contributed by atoms with Gasteiger partial charge in [-0.15, -0.1) is 0 Å². The van der Waals surface area contributed by atoms with Crippen LogP contribution in [-0.2, 0) is 45.4 Å². The number of aliphatic carboxylic acids is 1. The maximum Gasteiger partial charge on any atom is 0.303 e. The zero-order chi connectivity index (χ0) is 45.1. The van der Waals surface area contributed by atoms with E-state index in [1.54, 1.807) is 19.2 Å². The fraction of sp³-hybridized carbons (Fsp3) is 0.500. The van der Waals surface area contributed by atoms with E-state index in [9.17, 15) is 40.3 Å². The molecule has 0 saturated carbocycles. The number of benzene rings is 2. The van der Waals surface area contributed by atoms with Gasteiger partial charge in [-0.2, -0.15) is 21.4 Å². The molecule has 15 nitrogen and oxygen atoms in total. The van der Waals surface area contributed by atoms with E-state index in [0.29, 0.717) is 43.0 Å². The number of carbonyl (C=O) groups is 3. The number of hydrogen-bond donors (Lipinski definition) is 5. The van der Waals surface area contributed by atoms with Gasteiger partial charge in [-0.1, -0.05) is 58.2 Å². The van der Waals surface area contributed by atoms with Crippen molar-refractivity contribution in [2.45, 2.75) is 101 Å². The summed E-state index contributed by atoms with van der Waals surface area (Å²) in [6, 6.07) is 10.8. The van der Waals surface area contributed by atoms with Gasteiger partial charge in [0.25, 0.3) is 20.2 Å². The number of amides is 1. The monoisotopic (exact) mass is 882 g/mol. The molecule has 0 fully saturated rings. The number of carboxylic acid groups (broad SMARTS) is 1. The molecule has 5 rings (SSSR count). The number of para-hydroxylation sites is 1. The van der Waals surface area contributed by atoms with Gasteiger partial charge in [-0.25, -0.2) is 0 Å². The number of carbonyl (C=O) groups excluding carboxylic acids is 2. The van der Waals surface area contributed by atoms with Crippen LogP contribution >= 0.6 is 0 Å². The number of fused-ring (bicyclic) bond motifs is 2. The molecule has 2 aromatic rings. The van der Waals surface area contributed by atoms with Crippen molar-refractivity contribution in [3.05, 3.63) is 88.3 Å². The Labute approximate surface area is 359 Å². The fourth-order valence-electron chi connectivity index (χ4n) is 8.46. The summed E-state index contributed by atoms with van der Waals surface area (Å²) in [6.07, 6.45) is 8.52. The molecule has 0 aromatic heterocycles. The van der Waals surface area contributed by atoms with Crippen LogP contribution in [0.1, 0.15) is 90.7 Å². The summed E-state index contributed by atoms with van der Waals surface area (Å²) in [5.74, 6) is -2.90. The summed E-state index contributed by atoms with van der Waals surface area (Å²) in [4.78, 5) is 43.1. The molecule has 0 bridgehead atoms. The molecule has 1 unspecified atom stereocenters. The van der Waals surface area contributed by atoms with Gasteiger partial charge in [0.1, 0.15) is 18.8 Å². The Kier molecular flexibility index (Phi) is 14.6. The number of hydrogen-bond acceptors (Lipinski definition) is 10. The number of likely N-dealkylation sites (N-methyl/N-ethyl adjacent to an activating group) is 1. The maximum absolute atomic E-state index is 14.5. The Morgan fingerprint density at radius 2 is 1.62 bits per heavy atom. The lowest BCUT2D eigenvalue weighted by Gasteiger charge is -2.32. The molecular weight excluding hydrogens is 823 g/mol. The Morgan fingerprint density at radius 1 is 0.918 bits per heavy atom. The highest BCUT2D eigenvalue weighted by Gasteiger charge is 2.47. The van der Waals surface area contributed by atoms with Crippen molar-refractivity contribution in [2.24, 2.45) is 0 Å². The van der Waals surface area contributed by atoms with E-state index in [4.69, 9.17) is 5.11 Å². The molecule has 5 N–H and O–H groups in total. The van der Waals surface area contributed by atoms with Gasteiger partial charge in [0.2, 0.25) is 11.6 Å². The summed E-state index contributed by atoms with van der Waals surface area (Å²) >= 11 is 0. The van der Waals surface area contributed by atoms with Crippen LogP contribution in [0.3, 0.4) is 0 Å². The number of allylic oxidation sites excluding steroid dienone is 5. The first-order valence-electron chi connectivity index (χ1n) is 20.7. The number of unbranched alkanes of at least 4 members (excludes halogenated alkanes) is 4. The predicted molar refractivity (Wildman–Crippen MR) is 235 cm³/mol. The number of anilines is 1. The minimum atomic E-state index is -4.72. The van der Waals surface area contributed by atoms with E-state index in [1.807, 2.05) is 48.6 Å². The first kappa shape index (κ1) is 47.4. The van der Waals surface area contributed by atoms with Crippen molar-refractivity contribution in [3.63, 3.8) is 0 Å². The third-order valence-electron chi connectivity index (χ3n) is 11.9. The SMILES string of the molecule is CCCCCN1/C(=C/C2=C(NC(CS(=O)(=O)O)C(=O)NCCN(C)CCCCCC(=O)O)C(=C/C3=[N+](C)c4ccc(S(=O)(=O)O)cc4C3(C)C)/C2=O)C(C)(C)c2ccccc21. The van der Waals surface area contributed by atoms with Gasteiger partial charge in [-0.3, -0.25) is 23.5 Å². The predicted octanol–water partition coefficient (Wildman–Crippen LogP) is 5.11. The molecule has 1 atom stereocenters. The van der Waals surface area contributed by atoms with Gasteiger partial charge < -0.3 is 25.5 Å². The lowest BCUT2D eigenvalue weighted by atomic mass is 9.76. The summed E-state index contributed by atoms with van der Waals surface area (Å²) < 4.78 is 70.8. The first-order valence-corrected chi connectivity index (χ1v) is 23.8. The van der Waals surface area contributed by atoms with E-state index >= 15 is 0 Å². The third kappa shape index (κ3) is 10.7. The zero-order valence-electron chi connectivity index (χ0n) is 36.1. The Bertz CT molecular complexity index is 2420. The number of carboxylic acids is 1. The molecule has 2 aliphatic heterocycles. The van der Waals surface area contributed by atoms with Crippen LogP contribution in [0.15, 0.2) is 82.1 Å². The zero-order valence-corrected chi connectivity index (χ0v) is 37.7. The number of nitrogens with zero attached hydrogens (tertiary/aromatic N) is 3. The minimum Gasteiger partial charge on any atom is -0.481 e. The molecule has 61 heavy (non-hydrogen) atoms. The number of Topliss-reactive ketones (excluding diaryl/α,β-unsaturated/α-hetero) is 1. The summed E-state index contributed by atoms with van der Waals surface area (Å²) in [7, 11) is -5.61. The second-order valence-corrected chi connectivity index (χ2v) is 20.1. The van der Waals surface area contributed by atoms with Gasteiger partial charge in [0.05, 0.1) is 21.6 Å². The van der Waals surface area contributed by atoms with Gasteiger partial charge in [0.15, 0.2) is 11.5 Å². The Morgan fingerprint density at radius 3 is 2.28 bits per heavy atom. The van der Waals surface area contributed by atoms with E-state index in [-0.39, 0.29) is 40.5 Å². The average Bonchev–Trinajstić information content (AvgIpc) is 3.50. The molecule has 1 amide bonds. The fourth-order valence-corrected chi connectivity index (χ4v) is 9.62. The smallest absolute Gasteiger partial charge is 0.303 e. The van der Waals surface area contributed by atoms with E-state index in [0.717, 1.165) is 49.1 Å². The largest absolute Gasteiger partial charge is 0.481 e. The normalized spacial score (nSPS) is 18.8. The quantitative estimate of drug-likeness (QED) is 0.0478. The molecule has 17 heteroatoms. The first-order chi connectivity index (χ1) is 28.5. The maximum atomic E-state index is 14.5. The highest BCUT2D eigenvalue weighted by Crippen LogP contribution is 2.49. The van der Waals surface area contributed by atoms with Crippen LogP contribution in [0, 0.1) is 0 Å². The van der Waals surface area contributed by atoms with Crippen molar-refractivity contribution in [3.8, 4) is 0 Å². The molecule has 3 aliphatic rings. The highest BCUT2D eigenvalue weighted by atomic mass is 32.2. The Hall–Kier alpha value is -4.68. The number of rotatable bonds is 21. The van der Waals surface area contributed by atoms with Crippen molar-refractivity contribution in [2.75, 3.05) is 50.9 Å². The molecule has 2 aromatic carbocycles. The molecule has 0 radical (unpaired) electrons. The summed E-state index contributed by atoms with van der Waals surface area (Å²) in [6.45, 7) is 11.9. The van der Waals surface area contributed by atoms with Crippen LogP contribution in [0.4, 0.5) is 11.4 Å². The highest BCUT2D eigenvalue weighted by molar-refractivity contribution is 7.86. The van der Waals surface area contributed by atoms with Gasteiger partial charge in [-0.05, 0) is 76.5 Å². The molecule has 1 aliphatic carbocycles. The van der Waals surface area contributed by atoms with Crippen molar-refractivity contribution >= 4 is 55.0 Å².